The van der Waals surface area contributed by atoms with Gasteiger partial charge < -0.3 is 10.3 Å². The van der Waals surface area contributed by atoms with E-state index in [0.29, 0.717) is 0 Å². The first kappa shape index (κ1) is 16.7. The van der Waals surface area contributed by atoms with E-state index in [1.807, 2.05) is 0 Å². The molecule has 0 saturated heterocycles. The number of nitro groups is 1. The number of carbonyl (C=O) groups excluding carboxylic acids is 1. The zero-order valence-corrected chi connectivity index (χ0v) is 11.0. The molecule has 0 fully saturated rings. The molecule has 0 unspecified atom stereocenters. The van der Waals surface area contributed by atoms with Crippen molar-refractivity contribution >= 4 is 17.3 Å². The molecule has 10 heteroatoms. The van der Waals surface area contributed by atoms with Gasteiger partial charge in [0.2, 0.25) is 0 Å². The summed E-state index contributed by atoms with van der Waals surface area (Å²) in [5.41, 5.74) is 1.57. The second kappa shape index (κ2) is 6.39. The van der Waals surface area contributed by atoms with Crippen molar-refractivity contribution in [3.8, 4) is 0 Å². The van der Waals surface area contributed by atoms with Crippen LogP contribution in [0.2, 0.25) is 0 Å². The normalized spacial score (nSPS) is 11.1. The second-order valence-corrected chi connectivity index (χ2v) is 4.23. The first-order chi connectivity index (χ1) is 9.65. The third-order valence-corrected chi connectivity index (χ3v) is 2.67. The van der Waals surface area contributed by atoms with Gasteiger partial charge in [0.25, 0.3) is 11.6 Å². The lowest BCUT2D eigenvalue weighted by molar-refractivity contribution is -0.384. The molecule has 0 radical (unpaired) electrons. The molecule has 3 N–H and O–H groups in total. The van der Waals surface area contributed by atoms with Gasteiger partial charge in [-0.2, -0.15) is 13.2 Å². The van der Waals surface area contributed by atoms with Gasteiger partial charge in [-0.05, 0) is 12.1 Å². The summed E-state index contributed by atoms with van der Waals surface area (Å²) in [6.45, 7) is -0.535. The van der Waals surface area contributed by atoms with Crippen molar-refractivity contribution < 1.29 is 22.9 Å². The molecule has 116 valence electrons. The van der Waals surface area contributed by atoms with Crippen LogP contribution in [0.5, 0.6) is 0 Å². The summed E-state index contributed by atoms with van der Waals surface area (Å²) in [4.78, 5) is 22.8. The molecule has 0 saturated carbocycles. The highest BCUT2D eigenvalue weighted by Gasteiger charge is 2.28. The maximum Gasteiger partial charge on any atom is 0.390 e. The fraction of sp³-hybridized carbons (Fsp3) is 0.364. The number of amides is 1. The Hall–Kier alpha value is -2.36. The highest BCUT2D eigenvalue weighted by Crippen LogP contribution is 2.25. The van der Waals surface area contributed by atoms with Crippen LogP contribution < -0.4 is 11.3 Å². The number of hydrazine groups is 1. The zero-order valence-electron chi connectivity index (χ0n) is 11.0. The number of carbonyl (C=O) groups is 1. The second-order valence-electron chi connectivity index (χ2n) is 4.23. The molecule has 1 rings (SSSR count). The molecule has 1 amide bonds. The van der Waals surface area contributed by atoms with E-state index < -0.39 is 35.7 Å². The lowest BCUT2D eigenvalue weighted by atomic mass is 10.1. The monoisotopic (exact) mass is 306 g/mol. The average molecular weight is 306 g/mol. The van der Waals surface area contributed by atoms with Crippen LogP contribution >= 0.6 is 0 Å². The number of nitro benzene ring substituents is 1. The maximum absolute atomic E-state index is 12.1. The number of nitrogens with zero attached hydrogens (tertiary/aromatic N) is 2. The number of nitrogen functional groups attached to an aromatic ring is 1. The summed E-state index contributed by atoms with van der Waals surface area (Å²) in [5.74, 6) is 4.35. The highest BCUT2D eigenvalue weighted by atomic mass is 19.4. The number of rotatable bonds is 5. The number of anilines is 1. The number of benzene rings is 1. The Morgan fingerprint density at radius 1 is 1.48 bits per heavy atom. The van der Waals surface area contributed by atoms with Crippen LogP contribution in [-0.4, -0.2) is 35.5 Å². The number of hydrogen-bond donors (Lipinski definition) is 2. The van der Waals surface area contributed by atoms with Gasteiger partial charge in [0, 0.05) is 25.2 Å². The van der Waals surface area contributed by atoms with Gasteiger partial charge in [-0.3, -0.25) is 20.8 Å². The molecule has 21 heavy (non-hydrogen) atoms. The summed E-state index contributed by atoms with van der Waals surface area (Å²) < 4.78 is 36.3. The standard InChI is InChI=1S/C11H13F3N4O3/c1-17(5-4-11(12,13)14)10(19)7-2-3-8(16-15)9(6-7)18(20)21/h2-3,6,16H,4-5,15H2,1H3. The fourth-order valence-corrected chi connectivity index (χ4v) is 1.55. The summed E-state index contributed by atoms with van der Waals surface area (Å²) in [6.07, 6.45) is -5.53. The van der Waals surface area contributed by atoms with Gasteiger partial charge in [0.1, 0.15) is 5.69 Å². The summed E-state index contributed by atoms with van der Waals surface area (Å²) >= 11 is 0. The molecule has 0 bridgehead atoms. The largest absolute Gasteiger partial charge is 0.390 e. The number of alkyl halides is 3. The summed E-state index contributed by atoms with van der Waals surface area (Å²) in [5, 5.41) is 10.8. The van der Waals surface area contributed by atoms with Gasteiger partial charge in [0.15, 0.2) is 0 Å². The minimum absolute atomic E-state index is 0.00510. The highest BCUT2D eigenvalue weighted by molar-refractivity contribution is 5.95. The van der Waals surface area contributed by atoms with Crippen molar-refractivity contribution in [3.63, 3.8) is 0 Å². The third-order valence-electron chi connectivity index (χ3n) is 2.67. The zero-order chi connectivity index (χ0) is 16.2. The predicted molar refractivity (Wildman–Crippen MR) is 68.5 cm³/mol. The Morgan fingerprint density at radius 3 is 2.57 bits per heavy atom. The predicted octanol–water partition coefficient (Wildman–Crippen LogP) is 1.90. The van der Waals surface area contributed by atoms with Crippen molar-refractivity contribution in [2.75, 3.05) is 19.0 Å². The first-order valence-corrected chi connectivity index (χ1v) is 5.73. The number of halogens is 3. The van der Waals surface area contributed by atoms with E-state index in [0.717, 1.165) is 11.0 Å². The molecule has 0 aliphatic heterocycles. The van der Waals surface area contributed by atoms with E-state index in [2.05, 4.69) is 5.43 Å². The lowest BCUT2D eigenvalue weighted by Crippen LogP contribution is -2.30. The minimum atomic E-state index is -4.38. The van der Waals surface area contributed by atoms with Crippen LogP contribution in [-0.2, 0) is 0 Å². The van der Waals surface area contributed by atoms with E-state index in [1.165, 1.54) is 19.2 Å². The molecule has 0 heterocycles. The van der Waals surface area contributed by atoms with Gasteiger partial charge in [-0.15, -0.1) is 0 Å². The molecule has 0 aliphatic rings. The van der Waals surface area contributed by atoms with Crippen molar-refractivity contribution in [2.24, 2.45) is 5.84 Å². The molecular weight excluding hydrogens is 293 g/mol. The van der Waals surface area contributed by atoms with Crippen molar-refractivity contribution in [1.82, 2.24) is 4.90 Å². The quantitative estimate of drug-likeness (QED) is 0.491. The van der Waals surface area contributed by atoms with Crippen molar-refractivity contribution in [1.29, 1.82) is 0 Å². The molecule has 0 atom stereocenters. The van der Waals surface area contributed by atoms with Crippen LogP contribution in [0.4, 0.5) is 24.5 Å². The van der Waals surface area contributed by atoms with Crippen LogP contribution in [0.25, 0.3) is 0 Å². The van der Waals surface area contributed by atoms with Crippen molar-refractivity contribution in [2.45, 2.75) is 12.6 Å². The average Bonchev–Trinajstić information content (AvgIpc) is 2.42. The van der Waals surface area contributed by atoms with Crippen LogP contribution in [0.3, 0.4) is 0 Å². The lowest BCUT2D eigenvalue weighted by Gasteiger charge is -2.18. The molecule has 7 nitrogen and oxygen atoms in total. The SMILES string of the molecule is CN(CCC(F)(F)F)C(=O)c1ccc(NN)c([N+](=O)[O-])c1. The molecule has 0 aromatic heterocycles. The Labute approximate surface area is 117 Å². The van der Waals surface area contributed by atoms with Crippen molar-refractivity contribution in [3.05, 3.63) is 33.9 Å². The Morgan fingerprint density at radius 2 is 2.10 bits per heavy atom. The Kier molecular flexibility index (Phi) is 5.08. The number of nitrogens with two attached hydrogens (primary N) is 1. The van der Waals surface area contributed by atoms with Gasteiger partial charge in [0.05, 0.1) is 11.3 Å². The molecule has 1 aromatic rings. The van der Waals surface area contributed by atoms with E-state index in [9.17, 15) is 28.1 Å². The minimum Gasteiger partial charge on any atom is -0.341 e. The topological polar surface area (TPSA) is 102 Å². The van der Waals surface area contributed by atoms with Gasteiger partial charge in [-0.1, -0.05) is 0 Å². The first-order valence-electron chi connectivity index (χ1n) is 5.73. The maximum atomic E-state index is 12.1. The Bertz CT molecular complexity index is 548. The van der Waals surface area contributed by atoms with E-state index >= 15 is 0 Å². The summed E-state index contributed by atoms with van der Waals surface area (Å²) in [6, 6.07) is 3.42. The van der Waals surface area contributed by atoms with Crippen LogP contribution in [0.1, 0.15) is 16.8 Å². The number of hydrogen-bond acceptors (Lipinski definition) is 5. The third kappa shape index (κ3) is 4.60. The van der Waals surface area contributed by atoms with Crippen LogP contribution in [0, 0.1) is 10.1 Å². The summed E-state index contributed by atoms with van der Waals surface area (Å²) in [7, 11) is 1.19. The molecular formula is C11H13F3N4O3. The van der Waals surface area contributed by atoms with E-state index in [4.69, 9.17) is 5.84 Å². The fourth-order valence-electron chi connectivity index (χ4n) is 1.55. The van der Waals surface area contributed by atoms with E-state index in [-0.39, 0.29) is 11.3 Å². The smallest absolute Gasteiger partial charge is 0.341 e. The Balaban J connectivity index is 2.92. The molecule has 0 spiro atoms. The van der Waals surface area contributed by atoms with Crippen LogP contribution in [0.15, 0.2) is 18.2 Å². The molecule has 1 aromatic carbocycles. The number of nitrogens with one attached hydrogen (secondary N) is 1. The van der Waals surface area contributed by atoms with E-state index in [1.54, 1.807) is 0 Å². The molecule has 0 aliphatic carbocycles. The van der Waals surface area contributed by atoms with Gasteiger partial charge >= 0.3 is 6.18 Å². The van der Waals surface area contributed by atoms with Gasteiger partial charge in [-0.25, -0.2) is 0 Å².